The average molecular weight is 293 g/mol. The van der Waals surface area contributed by atoms with E-state index >= 15 is 0 Å². The quantitative estimate of drug-likeness (QED) is 0.792. The van der Waals surface area contributed by atoms with Crippen LogP contribution in [0.2, 0.25) is 0 Å². The number of carbonyl (C=O) groups is 2. The minimum absolute atomic E-state index is 0.118. The number of aliphatic carboxylic acids is 1. The molecule has 1 aliphatic carbocycles. The van der Waals surface area contributed by atoms with Gasteiger partial charge in [0, 0.05) is 22.3 Å². The lowest BCUT2D eigenvalue weighted by atomic mass is 10.0. The van der Waals surface area contributed by atoms with Crippen LogP contribution in [0.4, 0.5) is 0 Å². The second-order valence-corrected chi connectivity index (χ2v) is 6.31. The van der Waals surface area contributed by atoms with Gasteiger partial charge in [-0.05, 0) is 37.0 Å². The van der Waals surface area contributed by atoms with Crippen LogP contribution in [0, 0.1) is 5.92 Å². The third-order valence-corrected chi connectivity index (χ3v) is 4.53. The van der Waals surface area contributed by atoms with Crippen LogP contribution in [-0.4, -0.2) is 17.0 Å². The van der Waals surface area contributed by atoms with Crippen molar-refractivity contribution < 1.29 is 14.7 Å². The first-order chi connectivity index (χ1) is 9.63. The van der Waals surface area contributed by atoms with Gasteiger partial charge >= 0.3 is 5.97 Å². The van der Waals surface area contributed by atoms with Crippen molar-refractivity contribution in [2.24, 2.45) is 5.92 Å². The molecule has 0 saturated heterocycles. The summed E-state index contributed by atoms with van der Waals surface area (Å²) in [7, 11) is 0. The van der Waals surface area contributed by atoms with Crippen LogP contribution >= 0.6 is 11.3 Å². The number of carbonyl (C=O) groups excluding carboxylic acids is 1. The zero-order chi connectivity index (χ0) is 14.4. The summed E-state index contributed by atoms with van der Waals surface area (Å²) in [6.07, 6.45) is 8.18. The van der Waals surface area contributed by atoms with Crippen LogP contribution in [-0.2, 0) is 16.1 Å². The normalized spacial score (nSPS) is 15.8. The lowest BCUT2D eigenvalue weighted by molar-refractivity contribution is -0.131. The molecule has 108 valence electrons. The van der Waals surface area contributed by atoms with E-state index in [1.807, 2.05) is 12.1 Å². The standard InChI is InChI=1S/C15H19NO3S/c17-14(9-11-3-1-2-4-11)16-10-13-6-5-12(20-13)7-8-15(18)19/h5-8,11H,1-4,9-10H2,(H,16,17)(H,18,19). The topological polar surface area (TPSA) is 66.4 Å². The molecular formula is C15H19NO3S. The van der Waals surface area contributed by atoms with E-state index in [4.69, 9.17) is 5.11 Å². The largest absolute Gasteiger partial charge is 0.478 e. The minimum atomic E-state index is -0.954. The molecule has 2 rings (SSSR count). The Balaban J connectivity index is 1.75. The number of hydrogen-bond acceptors (Lipinski definition) is 3. The van der Waals surface area contributed by atoms with Crippen molar-refractivity contribution in [1.82, 2.24) is 5.32 Å². The van der Waals surface area contributed by atoms with Crippen LogP contribution < -0.4 is 5.32 Å². The minimum Gasteiger partial charge on any atom is -0.478 e. The van der Waals surface area contributed by atoms with Gasteiger partial charge in [-0.2, -0.15) is 0 Å². The number of carboxylic acid groups (broad SMARTS) is 1. The second kappa shape index (κ2) is 7.24. The van der Waals surface area contributed by atoms with Gasteiger partial charge in [0.25, 0.3) is 0 Å². The van der Waals surface area contributed by atoms with Gasteiger partial charge in [0.05, 0.1) is 6.54 Å². The molecule has 2 N–H and O–H groups in total. The lowest BCUT2D eigenvalue weighted by Crippen LogP contribution is -2.24. The molecule has 1 fully saturated rings. The predicted octanol–water partition coefficient (Wildman–Crippen LogP) is 3.04. The van der Waals surface area contributed by atoms with E-state index in [-0.39, 0.29) is 5.91 Å². The van der Waals surface area contributed by atoms with Crippen LogP contribution in [0.3, 0.4) is 0 Å². The van der Waals surface area contributed by atoms with Gasteiger partial charge in [-0.15, -0.1) is 11.3 Å². The molecule has 1 saturated carbocycles. The SMILES string of the molecule is O=C(O)C=Cc1ccc(CNC(=O)CC2CCCC2)s1. The summed E-state index contributed by atoms with van der Waals surface area (Å²) in [5.74, 6) is -0.273. The fourth-order valence-electron chi connectivity index (χ4n) is 2.47. The van der Waals surface area contributed by atoms with Gasteiger partial charge in [0.2, 0.25) is 5.91 Å². The van der Waals surface area contributed by atoms with Gasteiger partial charge in [0.15, 0.2) is 0 Å². The lowest BCUT2D eigenvalue weighted by Gasteiger charge is -2.08. The number of carboxylic acids is 1. The molecule has 0 bridgehead atoms. The molecule has 0 radical (unpaired) electrons. The Hall–Kier alpha value is -1.62. The van der Waals surface area contributed by atoms with Crippen molar-refractivity contribution in [1.29, 1.82) is 0 Å². The van der Waals surface area contributed by atoms with E-state index in [0.717, 1.165) is 15.8 Å². The number of rotatable bonds is 6. The Morgan fingerprint density at radius 3 is 2.80 bits per heavy atom. The van der Waals surface area contributed by atoms with Crippen molar-refractivity contribution in [3.63, 3.8) is 0 Å². The maximum Gasteiger partial charge on any atom is 0.328 e. The van der Waals surface area contributed by atoms with Gasteiger partial charge < -0.3 is 10.4 Å². The molecule has 20 heavy (non-hydrogen) atoms. The Bertz CT molecular complexity index is 501. The molecule has 5 heteroatoms. The fraction of sp³-hybridized carbons (Fsp3) is 0.467. The molecule has 0 spiro atoms. The van der Waals surface area contributed by atoms with Crippen molar-refractivity contribution in [3.05, 3.63) is 28.0 Å². The first-order valence-electron chi connectivity index (χ1n) is 6.90. The fourth-order valence-corrected chi connectivity index (χ4v) is 3.32. The summed E-state index contributed by atoms with van der Waals surface area (Å²) in [5, 5.41) is 11.5. The summed E-state index contributed by atoms with van der Waals surface area (Å²) in [6, 6.07) is 3.78. The number of nitrogens with one attached hydrogen (secondary N) is 1. The predicted molar refractivity (Wildman–Crippen MR) is 79.4 cm³/mol. The highest BCUT2D eigenvalue weighted by Gasteiger charge is 2.18. The zero-order valence-electron chi connectivity index (χ0n) is 11.3. The molecule has 4 nitrogen and oxygen atoms in total. The highest BCUT2D eigenvalue weighted by molar-refractivity contribution is 7.12. The molecule has 0 unspecified atom stereocenters. The van der Waals surface area contributed by atoms with Crippen molar-refractivity contribution in [2.45, 2.75) is 38.6 Å². The van der Waals surface area contributed by atoms with E-state index in [1.54, 1.807) is 6.08 Å². The van der Waals surface area contributed by atoms with Crippen LogP contribution in [0.15, 0.2) is 18.2 Å². The van der Waals surface area contributed by atoms with E-state index in [1.165, 1.54) is 37.0 Å². The maximum absolute atomic E-state index is 11.8. The number of thiophene rings is 1. The summed E-state index contributed by atoms with van der Waals surface area (Å²) < 4.78 is 0. The first-order valence-corrected chi connectivity index (χ1v) is 7.71. The molecule has 1 heterocycles. The molecule has 1 amide bonds. The van der Waals surface area contributed by atoms with Crippen LogP contribution in [0.1, 0.15) is 41.9 Å². The van der Waals surface area contributed by atoms with Gasteiger partial charge in [0.1, 0.15) is 0 Å². The van der Waals surface area contributed by atoms with Crippen molar-refractivity contribution in [2.75, 3.05) is 0 Å². The summed E-state index contributed by atoms with van der Waals surface area (Å²) >= 11 is 1.49. The maximum atomic E-state index is 11.8. The third kappa shape index (κ3) is 4.81. The average Bonchev–Trinajstić information content (AvgIpc) is 3.05. The number of hydrogen-bond donors (Lipinski definition) is 2. The van der Waals surface area contributed by atoms with Crippen LogP contribution in [0.25, 0.3) is 6.08 Å². The first kappa shape index (κ1) is 14.8. The molecule has 1 aromatic heterocycles. The summed E-state index contributed by atoms with van der Waals surface area (Å²) in [5.41, 5.74) is 0. The molecule has 0 atom stereocenters. The monoisotopic (exact) mass is 293 g/mol. The van der Waals surface area contributed by atoms with Gasteiger partial charge in [-0.1, -0.05) is 12.8 Å². The smallest absolute Gasteiger partial charge is 0.328 e. The van der Waals surface area contributed by atoms with E-state index in [2.05, 4.69) is 5.32 Å². The molecule has 0 aromatic carbocycles. The van der Waals surface area contributed by atoms with E-state index < -0.39 is 5.97 Å². The summed E-state index contributed by atoms with van der Waals surface area (Å²) in [4.78, 5) is 24.1. The molecule has 1 aliphatic rings. The van der Waals surface area contributed by atoms with Crippen molar-refractivity contribution in [3.8, 4) is 0 Å². The Morgan fingerprint density at radius 1 is 1.35 bits per heavy atom. The van der Waals surface area contributed by atoms with Crippen molar-refractivity contribution >= 4 is 29.3 Å². The highest BCUT2D eigenvalue weighted by Crippen LogP contribution is 2.27. The Morgan fingerprint density at radius 2 is 2.10 bits per heavy atom. The Kier molecular flexibility index (Phi) is 5.35. The highest BCUT2D eigenvalue weighted by atomic mass is 32.1. The Labute approximate surface area is 122 Å². The molecular weight excluding hydrogens is 274 g/mol. The van der Waals surface area contributed by atoms with Crippen LogP contribution in [0.5, 0.6) is 0 Å². The van der Waals surface area contributed by atoms with Gasteiger partial charge in [-0.25, -0.2) is 4.79 Å². The third-order valence-electron chi connectivity index (χ3n) is 3.48. The zero-order valence-corrected chi connectivity index (χ0v) is 12.1. The van der Waals surface area contributed by atoms with E-state index in [9.17, 15) is 9.59 Å². The second-order valence-electron chi connectivity index (χ2n) is 5.11. The molecule has 1 aromatic rings. The van der Waals surface area contributed by atoms with E-state index in [0.29, 0.717) is 18.9 Å². The van der Waals surface area contributed by atoms with Gasteiger partial charge in [-0.3, -0.25) is 4.79 Å². The molecule has 0 aliphatic heterocycles. The summed E-state index contributed by atoms with van der Waals surface area (Å²) in [6.45, 7) is 0.525. The number of amides is 1.